The van der Waals surface area contributed by atoms with E-state index in [4.69, 9.17) is 9.47 Å². The molecule has 142 valence electrons. The molecule has 1 N–H and O–H groups in total. The van der Waals surface area contributed by atoms with Crippen LogP contribution in [0.1, 0.15) is 23.2 Å². The fourth-order valence-electron chi connectivity index (χ4n) is 2.75. The number of ether oxygens (including phenoxy) is 2. The van der Waals surface area contributed by atoms with Gasteiger partial charge in [-0.15, -0.1) is 16.4 Å². The molecule has 26 heavy (non-hydrogen) atoms. The van der Waals surface area contributed by atoms with Gasteiger partial charge in [-0.25, -0.2) is 4.68 Å². The lowest BCUT2D eigenvalue weighted by Gasteiger charge is -2.25. The highest BCUT2D eigenvalue weighted by Gasteiger charge is 2.16. The van der Waals surface area contributed by atoms with Crippen molar-refractivity contribution in [3.63, 3.8) is 0 Å². The molecule has 0 saturated carbocycles. The van der Waals surface area contributed by atoms with Crippen molar-refractivity contribution >= 4 is 17.2 Å². The molecule has 0 unspecified atom stereocenters. The molecule has 0 spiro atoms. The third kappa shape index (κ3) is 5.31. The number of aromatic nitrogens is 4. The quantitative estimate of drug-likeness (QED) is 0.675. The summed E-state index contributed by atoms with van der Waals surface area (Å²) in [4.78, 5) is 15.5. The van der Waals surface area contributed by atoms with E-state index in [1.807, 2.05) is 17.5 Å². The molecule has 3 heterocycles. The van der Waals surface area contributed by atoms with Gasteiger partial charge in [0.15, 0.2) is 5.82 Å². The Morgan fingerprint density at radius 2 is 2.31 bits per heavy atom. The number of amides is 1. The summed E-state index contributed by atoms with van der Waals surface area (Å²) in [6.45, 7) is 4.77. The number of carbonyl (C=O) groups excluding carboxylic acids is 1. The Labute approximate surface area is 156 Å². The van der Waals surface area contributed by atoms with Crippen molar-refractivity contribution in [3.8, 4) is 0 Å². The highest BCUT2D eigenvalue weighted by atomic mass is 32.1. The van der Waals surface area contributed by atoms with Crippen LogP contribution in [0.3, 0.4) is 0 Å². The largest absolute Gasteiger partial charge is 0.379 e. The van der Waals surface area contributed by atoms with Crippen LogP contribution in [0.25, 0.3) is 0 Å². The normalized spacial score (nSPS) is 16.5. The molecule has 0 radical (unpaired) electrons. The first kappa shape index (κ1) is 18.9. The van der Waals surface area contributed by atoms with Crippen molar-refractivity contribution in [2.75, 3.05) is 40.0 Å². The highest BCUT2D eigenvalue weighted by Crippen LogP contribution is 2.20. The zero-order chi connectivity index (χ0) is 18.2. The molecular formula is C16H24N6O3S. The second-order valence-electron chi connectivity index (χ2n) is 6.00. The van der Waals surface area contributed by atoms with Crippen molar-refractivity contribution in [2.24, 2.45) is 0 Å². The smallest absolute Gasteiger partial charge is 0.221 e. The summed E-state index contributed by atoms with van der Waals surface area (Å²) < 4.78 is 12.5. The van der Waals surface area contributed by atoms with Crippen molar-refractivity contribution in [3.05, 3.63) is 28.2 Å². The molecule has 1 aliphatic heterocycles. The predicted molar refractivity (Wildman–Crippen MR) is 95.6 cm³/mol. The number of morpholine rings is 1. The van der Waals surface area contributed by atoms with Gasteiger partial charge in [0.1, 0.15) is 6.10 Å². The SMILES string of the molecule is CO[C@H](CNC(=O)CCn1nnnc1CN1CCOCC1)c1cccs1. The highest BCUT2D eigenvalue weighted by molar-refractivity contribution is 7.10. The minimum atomic E-state index is -0.121. The van der Waals surface area contributed by atoms with E-state index in [9.17, 15) is 4.79 Å². The third-order valence-corrected chi connectivity index (χ3v) is 5.22. The van der Waals surface area contributed by atoms with Crippen LogP contribution in [0, 0.1) is 0 Å². The molecule has 1 amide bonds. The third-order valence-electron chi connectivity index (χ3n) is 4.26. The molecule has 2 aromatic rings. The van der Waals surface area contributed by atoms with Crippen LogP contribution >= 0.6 is 11.3 Å². The Hall–Kier alpha value is -1.88. The Bertz CT molecular complexity index is 671. The summed E-state index contributed by atoms with van der Waals surface area (Å²) in [5.74, 6) is 0.726. The summed E-state index contributed by atoms with van der Waals surface area (Å²) in [6, 6.07) is 3.98. The molecule has 10 heteroatoms. The minimum Gasteiger partial charge on any atom is -0.379 e. The van der Waals surface area contributed by atoms with Crippen molar-refractivity contribution in [1.29, 1.82) is 0 Å². The monoisotopic (exact) mass is 380 g/mol. The molecule has 2 aromatic heterocycles. The molecule has 0 aromatic carbocycles. The Balaban J connectivity index is 1.43. The van der Waals surface area contributed by atoms with Crippen LogP contribution in [0.15, 0.2) is 17.5 Å². The van der Waals surface area contributed by atoms with E-state index in [2.05, 4.69) is 25.7 Å². The Morgan fingerprint density at radius 1 is 1.46 bits per heavy atom. The summed E-state index contributed by atoms with van der Waals surface area (Å²) >= 11 is 1.62. The first-order chi connectivity index (χ1) is 12.8. The maximum absolute atomic E-state index is 12.2. The Kier molecular flexibility index (Phi) is 7.06. The van der Waals surface area contributed by atoms with Crippen LogP contribution < -0.4 is 5.32 Å². The molecule has 0 bridgehead atoms. The van der Waals surface area contributed by atoms with Gasteiger partial charge in [-0.05, 0) is 21.9 Å². The van der Waals surface area contributed by atoms with Gasteiger partial charge in [0.25, 0.3) is 0 Å². The lowest BCUT2D eigenvalue weighted by molar-refractivity contribution is -0.121. The molecular weight excluding hydrogens is 356 g/mol. The van der Waals surface area contributed by atoms with Gasteiger partial charge in [0.05, 0.1) is 26.3 Å². The fourth-order valence-corrected chi connectivity index (χ4v) is 3.55. The van der Waals surface area contributed by atoms with E-state index < -0.39 is 0 Å². The lowest BCUT2D eigenvalue weighted by Crippen LogP contribution is -2.36. The maximum atomic E-state index is 12.2. The lowest BCUT2D eigenvalue weighted by atomic mass is 10.3. The van der Waals surface area contributed by atoms with Crippen molar-refractivity contribution in [2.45, 2.75) is 25.6 Å². The number of rotatable bonds is 9. The average Bonchev–Trinajstić information content (AvgIpc) is 3.34. The number of nitrogens with one attached hydrogen (secondary N) is 1. The van der Waals surface area contributed by atoms with Crippen molar-refractivity contribution in [1.82, 2.24) is 30.4 Å². The van der Waals surface area contributed by atoms with Gasteiger partial charge in [-0.3, -0.25) is 9.69 Å². The van der Waals surface area contributed by atoms with E-state index in [1.54, 1.807) is 23.1 Å². The maximum Gasteiger partial charge on any atom is 0.221 e. The summed E-state index contributed by atoms with van der Waals surface area (Å²) in [5, 5.41) is 16.7. The molecule has 0 aliphatic carbocycles. The van der Waals surface area contributed by atoms with E-state index in [0.717, 1.165) is 37.0 Å². The average molecular weight is 380 g/mol. The van der Waals surface area contributed by atoms with Gasteiger partial charge in [-0.2, -0.15) is 0 Å². The number of hydrogen-bond donors (Lipinski definition) is 1. The first-order valence-corrected chi connectivity index (χ1v) is 9.52. The van der Waals surface area contributed by atoms with E-state index in [0.29, 0.717) is 26.1 Å². The standard InChI is InChI=1S/C16H24N6O3S/c1-24-13(14-3-2-10-26-14)11-17-16(23)4-5-22-15(18-19-20-22)12-21-6-8-25-9-7-21/h2-3,10,13H,4-9,11-12H2,1H3,(H,17,23)/t13-/m1/s1. The Morgan fingerprint density at radius 3 is 3.04 bits per heavy atom. The second kappa shape index (κ2) is 9.72. The summed E-state index contributed by atoms with van der Waals surface area (Å²) in [7, 11) is 1.65. The molecule has 9 nitrogen and oxygen atoms in total. The van der Waals surface area contributed by atoms with Crippen molar-refractivity contribution < 1.29 is 14.3 Å². The van der Waals surface area contributed by atoms with Crippen LogP contribution in [0.2, 0.25) is 0 Å². The number of aryl methyl sites for hydroxylation is 1. The first-order valence-electron chi connectivity index (χ1n) is 8.64. The zero-order valence-corrected chi connectivity index (χ0v) is 15.7. The number of tetrazole rings is 1. The van der Waals surface area contributed by atoms with Crippen LogP contribution in [-0.4, -0.2) is 71.0 Å². The van der Waals surface area contributed by atoms with Crippen LogP contribution in [0.5, 0.6) is 0 Å². The van der Waals surface area contributed by atoms with Gasteiger partial charge in [0, 0.05) is 38.0 Å². The van der Waals surface area contributed by atoms with Gasteiger partial charge in [-0.1, -0.05) is 6.07 Å². The summed E-state index contributed by atoms with van der Waals surface area (Å²) in [5.41, 5.74) is 0. The molecule has 1 atom stereocenters. The number of nitrogens with zero attached hydrogens (tertiary/aromatic N) is 5. The van der Waals surface area contributed by atoms with E-state index in [-0.39, 0.29) is 12.0 Å². The minimum absolute atomic E-state index is 0.0450. The zero-order valence-electron chi connectivity index (χ0n) is 14.8. The molecule has 1 fully saturated rings. The van der Waals surface area contributed by atoms with Crippen LogP contribution in [-0.2, 0) is 27.4 Å². The predicted octanol–water partition coefficient (Wildman–Crippen LogP) is 0.461. The fraction of sp³-hybridized carbons (Fsp3) is 0.625. The molecule has 1 aliphatic rings. The van der Waals surface area contributed by atoms with Gasteiger partial charge >= 0.3 is 0 Å². The van der Waals surface area contributed by atoms with Gasteiger partial charge < -0.3 is 14.8 Å². The summed E-state index contributed by atoms with van der Waals surface area (Å²) in [6.07, 6.45) is 0.200. The second-order valence-corrected chi connectivity index (χ2v) is 6.98. The number of methoxy groups -OCH3 is 1. The molecule has 1 saturated heterocycles. The molecule has 3 rings (SSSR count). The number of thiophene rings is 1. The topological polar surface area (TPSA) is 94.4 Å². The van der Waals surface area contributed by atoms with Gasteiger partial charge in [0.2, 0.25) is 5.91 Å². The number of hydrogen-bond acceptors (Lipinski definition) is 8. The number of carbonyl (C=O) groups is 1. The van der Waals surface area contributed by atoms with Crippen LogP contribution in [0.4, 0.5) is 0 Å². The van der Waals surface area contributed by atoms with E-state index in [1.165, 1.54) is 0 Å². The van der Waals surface area contributed by atoms with E-state index >= 15 is 0 Å².